The molecule has 5 heteroatoms. The van der Waals surface area contributed by atoms with Gasteiger partial charge in [-0.2, -0.15) is 5.26 Å². The first-order valence-electron chi connectivity index (χ1n) is 5.63. The van der Waals surface area contributed by atoms with Crippen LogP contribution in [0, 0.1) is 11.3 Å². The van der Waals surface area contributed by atoms with Gasteiger partial charge in [-0.15, -0.1) is 0 Å². The number of nitriles is 1. The maximum absolute atomic E-state index is 9.58. The number of aliphatic hydroxyl groups is 1. The first kappa shape index (κ1) is 12.4. The lowest BCUT2D eigenvalue weighted by Gasteiger charge is -2.10. The molecule has 1 aromatic heterocycles. The summed E-state index contributed by atoms with van der Waals surface area (Å²) >= 11 is 0. The number of rotatable bonds is 5. The Morgan fingerprint density at radius 1 is 1.50 bits per heavy atom. The van der Waals surface area contributed by atoms with E-state index in [0.29, 0.717) is 17.9 Å². The highest BCUT2D eigenvalue weighted by Crippen LogP contribution is 2.32. The Balaban J connectivity index is 2.23. The number of benzene rings is 1. The van der Waals surface area contributed by atoms with Gasteiger partial charge in [-0.3, -0.25) is 0 Å². The van der Waals surface area contributed by atoms with Gasteiger partial charge in [0.1, 0.15) is 24.4 Å². The molecule has 0 aliphatic rings. The van der Waals surface area contributed by atoms with Crippen LogP contribution in [0.5, 0.6) is 5.75 Å². The third-order valence-electron chi connectivity index (χ3n) is 2.51. The molecule has 1 heterocycles. The van der Waals surface area contributed by atoms with Crippen LogP contribution in [0.1, 0.15) is 5.76 Å². The van der Waals surface area contributed by atoms with Crippen LogP contribution in [0.4, 0.5) is 0 Å². The third-order valence-corrected chi connectivity index (χ3v) is 2.51. The molecule has 0 aliphatic carbocycles. The van der Waals surface area contributed by atoms with Gasteiger partial charge in [0.2, 0.25) is 5.76 Å². The van der Waals surface area contributed by atoms with E-state index < -0.39 is 6.10 Å². The van der Waals surface area contributed by atoms with E-state index in [1.54, 1.807) is 13.1 Å². The molecule has 2 aromatic rings. The van der Waals surface area contributed by atoms with Crippen molar-refractivity contribution in [2.75, 3.05) is 20.2 Å². The predicted octanol–water partition coefficient (Wildman–Crippen LogP) is 1.26. The van der Waals surface area contributed by atoms with Crippen LogP contribution in [0.15, 0.2) is 28.7 Å². The molecule has 2 N–H and O–H groups in total. The quantitative estimate of drug-likeness (QED) is 0.830. The van der Waals surface area contributed by atoms with Crippen molar-refractivity contribution in [3.05, 3.63) is 30.0 Å². The van der Waals surface area contributed by atoms with Gasteiger partial charge < -0.3 is 19.6 Å². The maximum Gasteiger partial charge on any atom is 0.246 e. The summed E-state index contributed by atoms with van der Waals surface area (Å²) in [5.74, 6) is 0.524. The number of nitrogens with zero attached hydrogens (tertiary/aromatic N) is 1. The van der Waals surface area contributed by atoms with Gasteiger partial charge in [-0.1, -0.05) is 12.1 Å². The number of hydrogen-bond donors (Lipinski definition) is 2. The summed E-state index contributed by atoms with van der Waals surface area (Å²) in [6.07, 6.45) is -0.629. The van der Waals surface area contributed by atoms with Crippen LogP contribution >= 0.6 is 0 Å². The van der Waals surface area contributed by atoms with Gasteiger partial charge in [-0.05, 0) is 19.2 Å². The predicted molar refractivity (Wildman–Crippen MR) is 66.4 cm³/mol. The van der Waals surface area contributed by atoms with Crippen molar-refractivity contribution >= 4 is 11.0 Å². The Morgan fingerprint density at radius 2 is 2.28 bits per heavy atom. The molecule has 5 nitrogen and oxygen atoms in total. The van der Waals surface area contributed by atoms with E-state index in [-0.39, 0.29) is 12.4 Å². The van der Waals surface area contributed by atoms with Crippen molar-refractivity contribution in [3.63, 3.8) is 0 Å². The topological polar surface area (TPSA) is 78.4 Å². The van der Waals surface area contributed by atoms with E-state index in [2.05, 4.69) is 5.32 Å². The van der Waals surface area contributed by atoms with Crippen LogP contribution in [0.3, 0.4) is 0 Å². The average molecular weight is 246 g/mol. The summed E-state index contributed by atoms with van der Waals surface area (Å²) in [6, 6.07) is 9.21. The molecular formula is C13H14N2O3. The van der Waals surface area contributed by atoms with E-state index >= 15 is 0 Å². The number of aliphatic hydroxyl groups excluding tert-OH is 1. The highest BCUT2D eigenvalue weighted by atomic mass is 16.5. The first-order chi connectivity index (χ1) is 8.76. The van der Waals surface area contributed by atoms with Gasteiger partial charge in [0.25, 0.3) is 0 Å². The Bertz CT molecular complexity index is 571. The van der Waals surface area contributed by atoms with Crippen LogP contribution in [-0.2, 0) is 0 Å². The van der Waals surface area contributed by atoms with E-state index in [1.165, 1.54) is 0 Å². The van der Waals surface area contributed by atoms with Crippen molar-refractivity contribution in [3.8, 4) is 11.8 Å². The molecule has 0 spiro atoms. The lowest BCUT2D eigenvalue weighted by molar-refractivity contribution is 0.108. The van der Waals surface area contributed by atoms with Crippen molar-refractivity contribution in [2.45, 2.75) is 6.10 Å². The summed E-state index contributed by atoms with van der Waals surface area (Å²) in [6.45, 7) is 0.538. The fraction of sp³-hybridized carbons (Fsp3) is 0.308. The zero-order valence-corrected chi connectivity index (χ0v) is 10.0. The highest BCUT2D eigenvalue weighted by molar-refractivity contribution is 5.86. The normalized spacial score (nSPS) is 12.3. The van der Waals surface area contributed by atoms with Crippen LogP contribution < -0.4 is 10.1 Å². The Hall–Kier alpha value is -2.03. The Labute approximate surface area is 105 Å². The second-order valence-corrected chi connectivity index (χ2v) is 3.89. The molecule has 0 saturated heterocycles. The molecule has 94 valence electrons. The zero-order chi connectivity index (χ0) is 13.0. The van der Waals surface area contributed by atoms with Crippen LogP contribution in [0.25, 0.3) is 11.0 Å². The van der Waals surface area contributed by atoms with Crippen molar-refractivity contribution in [2.24, 2.45) is 0 Å². The number of para-hydroxylation sites is 1. The molecule has 0 aliphatic heterocycles. The smallest absolute Gasteiger partial charge is 0.246 e. The largest absolute Gasteiger partial charge is 0.485 e. The molecular weight excluding hydrogens is 232 g/mol. The Morgan fingerprint density at radius 3 is 3.00 bits per heavy atom. The number of ether oxygens (including phenoxy) is 1. The SMILES string of the molecule is CNCC(O)COc1c(C#N)oc2ccccc12. The molecule has 1 unspecified atom stereocenters. The lowest BCUT2D eigenvalue weighted by Crippen LogP contribution is -2.29. The molecule has 0 amide bonds. The minimum absolute atomic E-state index is 0.110. The molecule has 0 fully saturated rings. The highest BCUT2D eigenvalue weighted by Gasteiger charge is 2.16. The van der Waals surface area contributed by atoms with Gasteiger partial charge >= 0.3 is 0 Å². The maximum atomic E-state index is 9.58. The van der Waals surface area contributed by atoms with Gasteiger partial charge in [0.05, 0.1) is 5.39 Å². The first-order valence-corrected chi connectivity index (χ1v) is 5.63. The number of nitrogens with one attached hydrogen (secondary N) is 1. The van der Waals surface area contributed by atoms with E-state index in [1.807, 2.05) is 24.3 Å². The number of furan rings is 1. The van der Waals surface area contributed by atoms with Crippen LogP contribution in [0.2, 0.25) is 0 Å². The number of fused-ring (bicyclic) bond motifs is 1. The summed E-state index contributed by atoms with van der Waals surface area (Å²) in [4.78, 5) is 0. The minimum Gasteiger partial charge on any atom is -0.485 e. The standard InChI is InChI=1S/C13H14N2O3/c1-15-7-9(16)8-17-13-10-4-2-3-5-11(10)18-12(13)6-14/h2-5,9,15-16H,7-8H2,1H3. The number of likely N-dealkylation sites (N-methyl/N-ethyl adjacent to an activating group) is 1. The molecule has 0 bridgehead atoms. The summed E-state index contributed by atoms with van der Waals surface area (Å²) in [5, 5.41) is 22.2. The van der Waals surface area contributed by atoms with Gasteiger partial charge in [-0.25, -0.2) is 0 Å². The van der Waals surface area contributed by atoms with Crippen LogP contribution in [-0.4, -0.2) is 31.4 Å². The molecule has 0 saturated carbocycles. The molecule has 0 radical (unpaired) electrons. The lowest BCUT2D eigenvalue weighted by atomic mass is 10.2. The monoisotopic (exact) mass is 246 g/mol. The van der Waals surface area contributed by atoms with Crippen molar-refractivity contribution in [1.29, 1.82) is 5.26 Å². The molecule has 1 atom stereocenters. The number of hydrogen-bond acceptors (Lipinski definition) is 5. The average Bonchev–Trinajstić information content (AvgIpc) is 2.74. The fourth-order valence-corrected chi connectivity index (χ4v) is 1.71. The van der Waals surface area contributed by atoms with E-state index in [9.17, 15) is 5.11 Å². The second-order valence-electron chi connectivity index (χ2n) is 3.89. The van der Waals surface area contributed by atoms with Crippen molar-refractivity contribution < 1.29 is 14.3 Å². The second kappa shape index (κ2) is 5.54. The third kappa shape index (κ3) is 2.45. The Kier molecular flexibility index (Phi) is 3.82. The fourth-order valence-electron chi connectivity index (χ4n) is 1.71. The summed E-state index contributed by atoms with van der Waals surface area (Å²) in [7, 11) is 1.75. The molecule has 18 heavy (non-hydrogen) atoms. The molecule has 2 rings (SSSR count). The zero-order valence-electron chi connectivity index (χ0n) is 10.0. The summed E-state index contributed by atoms with van der Waals surface area (Å²) in [5.41, 5.74) is 0.604. The van der Waals surface area contributed by atoms with Gasteiger partial charge in [0.15, 0.2) is 5.75 Å². The van der Waals surface area contributed by atoms with Crippen molar-refractivity contribution in [1.82, 2.24) is 5.32 Å². The van der Waals surface area contributed by atoms with Gasteiger partial charge in [0, 0.05) is 6.54 Å². The molecule has 1 aromatic carbocycles. The van der Waals surface area contributed by atoms with E-state index in [0.717, 1.165) is 5.39 Å². The minimum atomic E-state index is -0.629. The van der Waals surface area contributed by atoms with E-state index in [4.69, 9.17) is 14.4 Å². The summed E-state index contributed by atoms with van der Waals surface area (Å²) < 4.78 is 10.8.